The van der Waals surface area contributed by atoms with Gasteiger partial charge in [-0.2, -0.15) is 0 Å². The van der Waals surface area contributed by atoms with Gasteiger partial charge in [-0.25, -0.2) is 0 Å². The highest BCUT2D eigenvalue weighted by Gasteiger charge is 2.60. The van der Waals surface area contributed by atoms with Gasteiger partial charge in [0.1, 0.15) is 0 Å². The Morgan fingerprint density at radius 3 is 2.48 bits per heavy atom. The molecule has 25 heavy (non-hydrogen) atoms. The summed E-state index contributed by atoms with van der Waals surface area (Å²) in [7, 11) is 0. The van der Waals surface area contributed by atoms with E-state index in [0.29, 0.717) is 6.42 Å². The van der Waals surface area contributed by atoms with E-state index in [9.17, 15) is 35.5 Å². The molecule has 0 unspecified atom stereocenters. The van der Waals surface area contributed by atoms with Crippen LogP contribution in [0.1, 0.15) is 6.42 Å². The summed E-state index contributed by atoms with van der Waals surface area (Å²) in [5.41, 5.74) is -0.893. The Morgan fingerprint density at radius 1 is 1.16 bits per heavy atom. The highest BCUT2D eigenvalue weighted by Crippen LogP contribution is 2.57. The van der Waals surface area contributed by atoms with Crippen LogP contribution < -0.4 is 4.74 Å². The fourth-order valence-electron chi connectivity index (χ4n) is 3.80. The van der Waals surface area contributed by atoms with Gasteiger partial charge in [-0.1, -0.05) is 0 Å². The number of hydrogen-bond donors (Lipinski definition) is 3. The molecule has 2 aliphatic carbocycles. The zero-order valence-electron chi connectivity index (χ0n) is 13.1. The van der Waals surface area contributed by atoms with Gasteiger partial charge in [0.05, 0.1) is 34.7 Å². The van der Waals surface area contributed by atoms with Gasteiger partial charge in [0.25, 0.3) is 5.69 Å². The van der Waals surface area contributed by atoms with Crippen LogP contribution in [-0.2, 0) is 0 Å². The summed E-state index contributed by atoms with van der Waals surface area (Å²) in [6.07, 6.45) is -1.41. The lowest BCUT2D eigenvalue weighted by Gasteiger charge is -2.29. The van der Waals surface area contributed by atoms with Crippen LogP contribution in [0, 0.1) is 43.9 Å². The molecule has 0 radical (unpaired) electrons. The Morgan fingerprint density at radius 2 is 1.88 bits per heavy atom. The summed E-state index contributed by atoms with van der Waals surface area (Å²) in [4.78, 5) is 20.3. The molecular formula is C15H18N2O8. The molecule has 0 bridgehead atoms. The minimum atomic E-state index is -0.995. The Hall–Kier alpha value is -2.30. The molecule has 2 saturated carbocycles. The van der Waals surface area contributed by atoms with E-state index in [4.69, 9.17) is 4.74 Å². The highest BCUT2D eigenvalue weighted by molar-refractivity contribution is 5.53. The van der Waals surface area contributed by atoms with E-state index < -0.39 is 39.3 Å². The number of ether oxygens (including phenoxy) is 1. The van der Waals surface area contributed by atoms with Crippen LogP contribution in [0.3, 0.4) is 0 Å². The summed E-state index contributed by atoms with van der Waals surface area (Å²) in [6.45, 7) is -0.126. The first kappa shape index (κ1) is 17.5. The van der Waals surface area contributed by atoms with Crippen molar-refractivity contribution < 1.29 is 29.9 Å². The number of fused-ring (bicyclic) bond motifs is 1. The number of non-ortho nitro benzene ring substituents is 1. The van der Waals surface area contributed by atoms with Crippen molar-refractivity contribution in [3.63, 3.8) is 0 Å². The molecule has 1 aromatic carbocycles. The lowest BCUT2D eigenvalue weighted by atomic mass is 9.85. The van der Waals surface area contributed by atoms with Crippen molar-refractivity contribution in [3.8, 4) is 5.75 Å². The molecule has 10 heteroatoms. The number of hydrogen-bond acceptors (Lipinski definition) is 8. The standard InChI is InChI=1S/C15H18N2O8/c18-5-7-3-9-10(13(9)15(20)14(7)19)6-25-12-2-1-8(16(21)22)4-11(12)17(23)24/h1-2,4,7,9-10,13-15,18-20H,3,5-6H2/t7-,9-,10-,13-,14-,15-/m1/s1. The largest absolute Gasteiger partial charge is 0.486 e. The maximum absolute atomic E-state index is 11.1. The van der Waals surface area contributed by atoms with Crippen molar-refractivity contribution in [1.82, 2.24) is 0 Å². The average molecular weight is 354 g/mol. The molecule has 10 nitrogen and oxygen atoms in total. The summed E-state index contributed by atoms with van der Waals surface area (Å²) in [6, 6.07) is 3.16. The number of rotatable bonds is 6. The van der Waals surface area contributed by atoms with Gasteiger partial charge in [0, 0.05) is 24.5 Å². The summed E-state index contributed by atoms with van der Waals surface area (Å²) < 4.78 is 5.48. The fourth-order valence-corrected chi connectivity index (χ4v) is 3.80. The zero-order valence-corrected chi connectivity index (χ0v) is 13.1. The van der Waals surface area contributed by atoms with Crippen LogP contribution in [0.25, 0.3) is 0 Å². The predicted molar refractivity (Wildman–Crippen MR) is 82.9 cm³/mol. The number of nitrogens with zero attached hydrogens (tertiary/aromatic N) is 2. The molecule has 0 aliphatic heterocycles. The quantitative estimate of drug-likeness (QED) is 0.492. The molecule has 0 heterocycles. The van der Waals surface area contributed by atoms with Crippen molar-refractivity contribution >= 4 is 11.4 Å². The Kier molecular flexibility index (Phi) is 4.58. The van der Waals surface area contributed by atoms with Crippen LogP contribution in [0.5, 0.6) is 5.75 Å². The molecular weight excluding hydrogens is 336 g/mol. The smallest absolute Gasteiger partial charge is 0.317 e. The lowest BCUT2D eigenvalue weighted by Crippen LogP contribution is -2.40. The van der Waals surface area contributed by atoms with Gasteiger partial charge in [-0.15, -0.1) is 0 Å². The first-order chi connectivity index (χ1) is 11.8. The summed E-state index contributed by atoms with van der Waals surface area (Å²) in [5, 5.41) is 51.1. The minimum absolute atomic E-state index is 0.0759. The normalized spacial score (nSPS) is 33.4. The molecule has 3 rings (SSSR count). The van der Waals surface area contributed by atoms with Crippen molar-refractivity contribution in [2.24, 2.45) is 23.7 Å². The van der Waals surface area contributed by atoms with Gasteiger partial charge in [-0.3, -0.25) is 20.2 Å². The van der Waals surface area contributed by atoms with E-state index in [1.54, 1.807) is 0 Å². The zero-order chi connectivity index (χ0) is 18.3. The SMILES string of the molecule is O=[N+]([O-])c1ccc(OC[C@@H]2[C@H]3C[C@H](CO)[C@@H](O)[C@H](O)[C@@H]23)c([N+](=O)[O-])c1. The van der Waals surface area contributed by atoms with Gasteiger partial charge in [-0.05, 0) is 24.3 Å². The molecule has 136 valence electrons. The Bertz CT molecular complexity index is 696. The number of aliphatic hydroxyl groups excluding tert-OH is 3. The van der Waals surface area contributed by atoms with Gasteiger partial charge in [0.15, 0.2) is 5.75 Å². The van der Waals surface area contributed by atoms with E-state index >= 15 is 0 Å². The number of nitro groups is 2. The van der Waals surface area contributed by atoms with E-state index in [2.05, 4.69) is 0 Å². The molecule has 2 fully saturated rings. The lowest BCUT2D eigenvalue weighted by molar-refractivity contribution is -0.394. The van der Waals surface area contributed by atoms with Gasteiger partial charge < -0.3 is 20.1 Å². The van der Waals surface area contributed by atoms with Crippen molar-refractivity contribution in [2.75, 3.05) is 13.2 Å². The van der Waals surface area contributed by atoms with Gasteiger partial charge >= 0.3 is 5.69 Å². The molecule has 3 N–H and O–H groups in total. The van der Waals surface area contributed by atoms with Crippen LogP contribution >= 0.6 is 0 Å². The van der Waals surface area contributed by atoms with E-state index in [0.717, 1.165) is 12.1 Å². The van der Waals surface area contributed by atoms with Crippen molar-refractivity contribution in [2.45, 2.75) is 18.6 Å². The molecule has 0 saturated heterocycles. The topological polar surface area (TPSA) is 156 Å². The molecule has 0 amide bonds. The second-order valence-electron chi connectivity index (χ2n) is 6.54. The average Bonchev–Trinajstić information content (AvgIpc) is 3.28. The highest BCUT2D eigenvalue weighted by atomic mass is 16.6. The second-order valence-corrected chi connectivity index (χ2v) is 6.54. The summed E-state index contributed by atoms with van der Waals surface area (Å²) >= 11 is 0. The molecule has 6 atom stereocenters. The molecule has 0 aromatic heterocycles. The van der Waals surface area contributed by atoms with Crippen LogP contribution in [0.15, 0.2) is 18.2 Å². The maximum Gasteiger partial charge on any atom is 0.317 e. The maximum atomic E-state index is 11.1. The van der Waals surface area contributed by atoms with Crippen LogP contribution in [-0.4, -0.2) is 50.6 Å². The van der Waals surface area contributed by atoms with E-state index in [1.165, 1.54) is 6.07 Å². The van der Waals surface area contributed by atoms with E-state index in [1.807, 2.05) is 0 Å². The molecule has 0 spiro atoms. The molecule has 1 aromatic rings. The third-order valence-electron chi connectivity index (χ3n) is 5.22. The second kappa shape index (κ2) is 6.54. The Labute approximate surface area is 142 Å². The summed E-state index contributed by atoms with van der Waals surface area (Å²) in [5.74, 6) is -0.651. The Balaban J connectivity index is 1.69. The predicted octanol–water partition coefficient (Wildman–Crippen LogP) is 0.478. The fraction of sp³-hybridized carbons (Fsp3) is 0.600. The number of aliphatic hydroxyl groups is 3. The number of nitro benzene ring substituents is 2. The van der Waals surface area contributed by atoms with Gasteiger partial charge in [0.2, 0.25) is 0 Å². The first-order valence-corrected chi connectivity index (χ1v) is 7.87. The van der Waals surface area contributed by atoms with E-state index in [-0.39, 0.29) is 36.7 Å². The van der Waals surface area contributed by atoms with Crippen LogP contribution in [0.4, 0.5) is 11.4 Å². The monoisotopic (exact) mass is 354 g/mol. The van der Waals surface area contributed by atoms with Crippen molar-refractivity contribution in [1.29, 1.82) is 0 Å². The first-order valence-electron chi connectivity index (χ1n) is 7.87. The molecule has 2 aliphatic rings. The minimum Gasteiger partial charge on any atom is -0.486 e. The third kappa shape index (κ3) is 3.15. The van der Waals surface area contributed by atoms with Crippen LogP contribution in [0.2, 0.25) is 0 Å². The van der Waals surface area contributed by atoms with Crippen molar-refractivity contribution in [3.05, 3.63) is 38.4 Å². The number of benzene rings is 1. The third-order valence-corrected chi connectivity index (χ3v) is 5.22.